The molecule has 44 heavy (non-hydrogen) atoms. The summed E-state index contributed by atoms with van der Waals surface area (Å²) in [6.45, 7) is 6.06. The van der Waals surface area contributed by atoms with Gasteiger partial charge in [0, 0.05) is 19.5 Å². The van der Waals surface area contributed by atoms with E-state index in [-0.39, 0.29) is 23.8 Å². The molecule has 0 aliphatic carbocycles. The molecule has 4 aromatic rings. The molecule has 0 aliphatic heterocycles. The average Bonchev–Trinajstić information content (AvgIpc) is 3.03. The van der Waals surface area contributed by atoms with Crippen LogP contribution in [-0.2, 0) is 32.6 Å². The number of carbonyl (C=O) groups excluding carboxylic acids is 2. The molecule has 0 spiro atoms. The topological polar surface area (TPSA) is 86.8 Å². The summed E-state index contributed by atoms with van der Waals surface area (Å²) in [7, 11) is -4.12. The number of benzene rings is 4. The maximum absolute atomic E-state index is 14.5. The molecule has 0 saturated heterocycles. The predicted molar refractivity (Wildman–Crippen MR) is 176 cm³/mol. The molecule has 1 unspecified atom stereocenters. The highest BCUT2D eigenvalue weighted by Gasteiger charge is 2.34. The Morgan fingerprint density at radius 2 is 1.48 bits per heavy atom. The summed E-state index contributed by atoms with van der Waals surface area (Å²) in [4.78, 5) is 30.0. The molecular formula is C36H41N3O4S. The van der Waals surface area contributed by atoms with Gasteiger partial charge in [0.15, 0.2) is 0 Å². The molecule has 0 aromatic heterocycles. The van der Waals surface area contributed by atoms with Crippen LogP contribution in [0.25, 0.3) is 0 Å². The minimum Gasteiger partial charge on any atom is -0.354 e. The van der Waals surface area contributed by atoms with E-state index in [0.717, 1.165) is 39.4 Å². The lowest BCUT2D eigenvalue weighted by Crippen LogP contribution is -2.53. The minimum atomic E-state index is -4.12. The standard InChI is InChI=1S/C36H41N3O4S/c1-4-5-23-37-36(41)34(25-30-17-8-6-9-18-30)38(26-31-19-13-12-16-29(31)3)35(40)27-39(32-20-14-15-28(2)24-32)44(42,43)33-21-10-7-11-22-33/h6-22,24,34H,4-5,23,25-27H2,1-3H3,(H,37,41). The first-order chi connectivity index (χ1) is 21.2. The van der Waals surface area contributed by atoms with E-state index in [4.69, 9.17) is 0 Å². The number of unbranched alkanes of at least 4 members (excludes halogenated alkanes) is 1. The van der Waals surface area contributed by atoms with Crippen molar-refractivity contribution in [3.8, 4) is 0 Å². The largest absolute Gasteiger partial charge is 0.354 e. The number of hydrogen-bond acceptors (Lipinski definition) is 4. The van der Waals surface area contributed by atoms with E-state index >= 15 is 0 Å². The third-order valence-electron chi connectivity index (χ3n) is 7.60. The Labute approximate surface area is 261 Å². The first-order valence-corrected chi connectivity index (χ1v) is 16.4. The monoisotopic (exact) mass is 611 g/mol. The number of carbonyl (C=O) groups is 2. The fraction of sp³-hybridized carbons (Fsp3) is 0.278. The van der Waals surface area contributed by atoms with Crippen LogP contribution in [0, 0.1) is 13.8 Å². The van der Waals surface area contributed by atoms with Gasteiger partial charge >= 0.3 is 0 Å². The number of anilines is 1. The molecule has 8 heteroatoms. The molecule has 2 amide bonds. The van der Waals surface area contributed by atoms with Crippen molar-refractivity contribution in [2.45, 2.75) is 57.5 Å². The van der Waals surface area contributed by atoms with Crippen molar-refractivity contribution < 1.29 is 18.0 Å². The Morgan fingerprint density at radius 1 is 0.818 bits per heavy atom. The van der Waals surface area contributed by atoms with E-state index < -0.39 is 28.5 Å². The molecule has 4 aromatic carbocycles. The fourth-order valence-corrected chi connectivity index (χ4v) is 6.49. The van der Waals surface area contributed by atoms with Crippen molar-refractivity contribution in [2.75, 3.05) is 17.4 Å². The number of amides is 2. The van der Waals surface area contributed by atoms with E-state index in [2.05, 4.69) is 12.2 Å². The summed E-state index contributed by atoms with van der Waals surface area (Å²) in [6, 6.07) is 31.6. The van der Waals surface area contributed by atoms with Gasteiger partial charge in [0.25, 0.3) is 10.0 Å². The van der Waals surface area contributed by atoms with Gasteiger partial charge in [-0.05, 0) is 66.8 Å². The SMILES string of the molecule is CCCCNC(=O)C(Cc1ccccc1)N(Cc1ccccc1C)C(=O)CN(c1cccc(C)c1)S(=O)(=O)c1ccccc1. The summed E-state index contributed by atoms with van der Waals surface area (Å²) in [5.74, 6) is -0.738. The van der Waals surface area contributed by atoms with Crippen LogP contribution in [0.3, 0.4) is 0 Å². The summed E-state index contributed by atoms with van der Waals surface area (Å²) < 4.78 is 29.3. The second kappa shape index (κ2) is 15.3. The van der Waals surface area contributed by atoms with Gasteiger partial charge in [-0.25, -0.2) is 8.42 Å². The summed E-state index contributed by atoms with van der Waals surface area (Å²) in [6.07, 6.45) is 2.01. The van der Waals surface area contributed by atoms with Crippen LogP contribution in [0.4, 0.5) is 5.69 Å². The highest BCUT2D eigenvalue weighted by Crippen LogP contribution is 2.26. The highest BCUT2D eigenvalue weighted by molar-refractivity contribution is 7.92. The molecule has 230 valence electrons. The molecule has 0 aliphatic rings. The number of nitrogens with one attached hydrogen (secondary N) is 1. The number of sulfonamides is 1. The van der Waals surface area contributed by atoms with Crippen LogP contribution in [0.5, 0.6) is 0 Å². The van der Waals surface area contributed by atoms with Crippen LogP contribution in [0.2, 0.25) is 0 Å². The van der Waals surface area contributed by atoms with Crippen LogP contribution in [-0.4, -0.2) is 44.3 Å². The number of hydrogen-bond donors (Lipinski definition) is 1. The molecule has 0 fully saturated rings. The van der Waals surface area contributed by atoms with E-state index in [0.29, 0.717) is 12.2 Å². The van der Waals surface area contributed by atoms with Crippen LogP contribution in [0.15, 0.2) is 114 Å². The van der Waals surface area contributed by atoms with Gasteiger partial charge in [0.05, 0.1) is 10.6 Å². The molecule has 4 rings (SSSR count). The maximum Gasteiger partial charge on any atom is 0.264 e. The van der Waals surface area contributed by atoms with E-state index in [9.17, 15) is 18.0 Å². The molecule has 0 bridgehead atoms. The zero-order chi connectivity index (χ0) is 31.5. The van der Waals surface area contributed by atoms with Crippen LogP contribution >= 0.6 is 0 Å². The lowest BCUT2D eigenvalue weighted by molar-refractivity contribution is -0.140. The van der Waals surface area contributed by atoms with Crippen molar-refractivity contribution >= 4 is 27.5 Å². The second-order valence-corrected chi connectivity index (χ2v) is 12.8. The minimum absolute atomic E-state index is 0.0814. The Kier molecular flexibility index (Phi) is 11.3. The molecule has 0 heterocycles. The summed E-state index contributed by atoms with van der Waals surface area (Å²) in [5.41, 5.74) is 4.00. The second-order valence-electron chi connectivity index (χ2n) is 11.0. The Morgan fingerprint density at radius 3 is 2.14 bits per heavy atom. The zero-order valence-electron chi connectivity index (χ0n) is 25.6. The molecule has 1 atom stereocenters. The highest BCUT2D eigenvalue weighted by atomic mass is 32.2. The summed E-state index contributed by atoms with van der Waals surface area (Å²) in [5, 5.41) is 3.02. The Hall–Kier alpha value is -4.43. The predicted octanol–water partition coefficient (Wildman–Crippen LogP) is 6.06. The third kappa shape index (κ3) is 8.35. The number of nitrogens with zero attached hydrogens (tertiary/aromatic N) is 2. The maximum atomic E-state index is 14.5. The van der Waals surface area contributed by atoms with E-state index in [1.807, 2.05) is 74.5 Å². The summed E-state index contributed by atoms with van der Waals surface area (Å²) >= 11 is 0. The van der Waals surface area contributed by atoms with Gasteiger partial charge in [0.2, 0.25) is 11.8 Å². The van der Waals surface area contributed by atoms with Gasteiger partial charge < -0.3 is 10.2 Å². The third-order valence-corrected chi connectivity index (χ3v) is 9.39. The van der Waals surface area contributed by atoms with Gasteiger partial charge in [0.1, 0.15) is 12.6 Å². The molecule has 0 saturated carbocycles. The number of aryl methyl sites for hydroxylation is 2. The average molecular weight is 612 g/mol. The normalized spacial score (nSPS) is 11.9. The Bertz CT molecular complexity index is 1640. The van der Waals surface area contributed by atoms with Gasteiger partial charge in [-0.3, -0.25) is 13.9 Å². The van der Waals surface area contributed by atoms with Crippen molar-refractivity contribution in [1.82, 2.24) is 10.2 Å². The first-order valence-electron chi connectivity index (χ1n) is 15.0. The molecule has 1 N–H and O–H groups in total. The van der Waals surface area contributed by atoms with Gasteiger partial charge in [-0.1, -0.05) is 98.3 Å². The first kappa shape index (κ1) is 32.5. The quantitative estimate of drug-likeness (QED) is 0.176. The lowest BCUT2D eigenvalue weighted by atomic mass is 10.0. The lowest BCUT2D eigenvalue weighted by Gasteiger charge is -2.34. The Balaban J connectivity index is 1.79. The molecular weight excluding hydrogens is 570 g/mol. The van der Waals surface area contributed by atoms with E-state index in [1.165, 1.54) is 12.1 Å². The van der Waals surface area contributed by atoms with Crippen molar-refractivity contribution in [3.63, 3.8) is 0 Å². The van der Waals surface area contributed by atoms with Gasteiger partial charge in [-0.15, -0.1) is 0 Å². The molecule has 0 radical (unpaired) electrons. The van der Waals surface area contributed by atoms with Crippen LogP contribution < -0.4 is 9.62 Å². The van der Waals surface area contributed by atoms with Crippen molar-refractivity contribution in [3.05, 3.63) is 131 Å². The fourth-order valence-electron chi connectivity index (χ4n) is 5.06. The van der Waals surface area contributed by atoms with E-state index in [1.54, 1.807) is 41.3 Å². The smallest absolute Gasteiger partial charge is 0.264 e. The zero-order valence-corrected chi connectivity index (χ0v) is 26.5. The van der Waals surface area contributed by atoms with Crippen molar-refractivity contribution in [1.29, 1.82) is 0 Å². The van der Waals surface area contributed by atoms with Gasteiger partial charge in [-0.2, -0.15) is 0 Å². The van der Waals surface area contributed by atoms with Crippen molar-refractivity contribution in [2.24, 2.45) is 0 Å². The molecule has 7 nitrogen and oxygen atoms in total. The number of rotatable bonds is 14. The van der Waals surface area contributed by atoms with Crippen LogP contribution in [0.1, 0.15) is 42.0 Å².